The van der Waals surface area contributed by atoms with Crippen LogP contribution in [0.25, 0.3) is 0 Å². The van der Waals surface area contributed by atoms with Crippen LogP contribution in [0.3, 0.4) is 0 Å². The van der Waals surface area contributed by atoms with Crippen LogP contribution in [-0.4, -0.2) is 20.9 Å². The fourth-order valence-electron chi connectivity index (χ4n) is 1.16. The Kier molecular flexibility index (Phi) is 2.93. The predicted molar refractivity (Wildman–Crippen MR) is 60.1 cm³/mol. The van der Waals surface area contributed by atoms with E-state index in [-0.39, 0.29) is 0 Å². The van der Waals surface area contributed by atoms with E-state index in [1.54, 1.807) is 6.20 Å². The Morgan fingerprint density at radius 3 is 3.00 bits per heavy atom. The number of rotatable bonds is 2. The average molecular weight is 242 g/mol. The van der Waals surface area contributed by atoms with Crippen LogP contribution in [0.4, 0.5) is 0 Å². The molecule has 2 rings (SSSR count). The highest BCUT2D eigenvalue weighted by atomic mass is 35.5. The van der Waals surface area contributed by atoms with Gasteiger partial charge in [0.2, 0.25) is 0 Å². The Labute approximate surface area is 96.0 Å². The third-order valence-corrected chi connectivity index (χ3v) is 3.33. The first-order valence-corrected chi connectivity index (χ1v) is 5.46. The van der Waals surface area contributed by atoms with Crippen LogP contribution in [0, 0.1) is 0 Å². The molecule has 0 aliphatic carbocycles. The number of aryl methyl sites for hydroxylation is 1. The summed E-state index contributed by atoms with van der Waals surface area (Å²) in [6.45, 7) is 0. The van der Waals surface area contributed by atoms with Gasteiger partial charge in [-0.25, -0.2) is 9.98 Å². The van der Waals surface area contributed by atoms with Crippen LogP contribution in [0.2, 0.25) is 0 Å². The molecule has 1 aromatic rings. The Morgan fingerprint density at radius 1 is 1.67 bits per heavy atom. The highest BCUT2D eigenvalue weighted by Crippen LogP contribution is 2.29. The van der Waals surface area contributed by atoms with Crippen LogP contribution in [0.5, 0.6) is 0 Å². The van der Waals surface area contributed by atoms with Crippen LogP contribution in [-0.2, 0) is 11.8 Å². The molecule has 2 heterocycles. The fourth-order valence-corrected chi connectivity index (χ4v) is 2.32. The molecule has 0 spiro atoms. The summed E-state index contributed by atoms with van der Waals surface area (Å²) in [5, 5.41) is 1.93. The zero-order valence-corrected chi connectivity index (χ0v) is 9.55. The minimum absolute atomic E-state index is 0.293. The van der Waals surface area contributed by atoms with Crippen molar-refractivity contribution in [3.63, 3.8) is 0 Å². The van der Waals surface area contributed by atoms with Gasteiger partial charge < -0.3 is 4.57 Å². The molecule has 0 unspecified atom stereocenters. The Hall–Kier alpha value is -1.07. The van der Waals surface area contributed by atoms with Crippen LogP contribution < -0.4 is 0 Å². The topological polar surface area (TPSA) is 47.2 Å². The molecule has 0 bridgehead atoms. The second-order valence-corrected chi connectivity index (χ2v) is 4.44. The van der Waals surface area contributed by atoms with Gasteiger partial charge in [-0.3, -0.25) is 4.79 Å². The largest absolute Gasteiger partial charge is 0.329 e. The Bertz CT molecular complexity index is 464. The molecule has 1 aliphatic heterocycles. The summed E-state index contributed by atoms with van der Waals surface area (Å²) in [5.74, 6) is 0. The van der Waals surface area contributed by atoms with E-state index in [9.17, 15) is 4.79 Å². The first-order valence-electron chi connectivity index (χ1n) is 4.27. The van der Waals surface area contributed by atoms with E-state index < -0.39 is 0 Å². The van der Waals surface area contributed by atoms with Crippen molar-refractivity contribution < 1.29 is 4.79 Å². The number of nitrogens with zero attached hydrogens (tertiary/aromatic N) is 3. The predicted octanol–water partition coefficient (Wildman–Crippen LogP) is 1.96. The first-order chi connectivity index (χ1) is 7.20. The van der Waals surface area contributed by atoms with E-state index in [0.717, 1.165) is 16.5 Å². The normalized spacial score (nSPS) is 15.7. The number of aromatic nitrogens is 2. The number of aliphatic imine (C=N–C) groups is 1. The van der Waals surface area contributed by atoms with E-state index in [1.165, 1.54) is 11.8 Å². The summed E-state index contributed by atoms with van der Waals surface area (Å²) in [6, 6.07) is 0. The van der Waals surface area contributed by atoms with Gasteiger partial charge in [0.05, 0.1) is 5.04 Å². The van der Waals surface area contributed by atoms with Gasteiger partial charge in [0.15, 0.2) is 5.16 Å². The van der Waals surface area contributed by atoms with E-state index in [4.69, 9.17) is 11.6 Å². The average Bonchev–Trinajstić information content (AvgIpc) is 2.75. The summed E-state index contributed by atoms with van der Waals surface area (Å²) in [5.41, 5.74) is 0.536. The van der Waals surface area contributed by atoms with E-state index in [0.29, 0.717) is 17.2 Å². The molecule has 78 valence electrons. The van der Waals surface area contributed by atoms with Crippen molar-refractivity contribution >= 4 is 34.7 Å². The number of allylic oxidation sites excluding steroid dienone is 1. The molecule has 15 heavy (non-hydrogen) atoms. The third kappa shape index (κ3) is 2.13. The summed E-state index contributed by atoms with van der Waals surface area (Å²) in [6.07, 6.45) is 4.82. The molecular formula is C9H8ClN3OS. The maximum absolute atomic E-state index is 10.6. The number of hydrogen-bond acceptors (Lipinski definition) is 4. The van der Waals surface area contributed by atoms with Crippen LogP contribution >= 0.6 is 23.4 Å². The molecule has 0 atom stereocenters. The lowest BCUT2D eigenvalue weighted by Crippen LogP contribution is -1.95. The lowest BCUT2D eigenvalue weighted by molar-refractivity contribution is -0.104. The van der Waals surface area contributed by atoms with Gasteiger partial charge in [-0.05, 0) is 11.8 Å². The quantitative estimate of drug-likeness (QED) is 0.588. The van der Waals surface area contributed by atoms with Crippen molar-refractivity contribution in [1.29, 1.82) is 0 Å². The molecule has 0 fully saturated rings. The van der Waals surface area contributed by atoms with Gasteiger partial charge in [-0.15, -0.1) is 0 Å². The van der Waals surface area contributed by atoms with Crippen molar-refractivity contribution in [2.75, 3.05) is 0 Å². The van der Waals surface area contributed by atoms with Crippen molar-refractivity contribution in [2.24, 2.45) is 12.0 Å². The number of halogens is 1. The molecular weight excluding hydrogens is 234 g/mol. The molecule has 0 N–H and O–H groups in total. The van der Waals surface area contributed by atoms with Gasteiger partial charge in [0.25, 0.3) is 0 Å². The Morgan fingerprint density at radius 2 is 2.47 bits per heavy atom. The summed E-state index contributed by atoms with van der Waals surface area (Å²) >= 11 is 7.20. The molecule has 0 aromatic carbocycles. The number of imidazole rings is 1. The molecule has 6 heteroatoms. The van der Waals surface area contributed by atoms with E-state index in [1.807, 2.05) is 17.8 Å². The first kappa shape index (κ1) is 10.4. The van der Waals surface area contributed by atoms with Gasteiger partial charge in [0.1, 0.15) is 11.4 Å². The number of carbonyl (C=O) groups is 1. The van der Waals surface area contributed by atoms with Crippen molar-refractivity contribution in [1.82, 2.24) is 9.55 Å². The number of carbonyl (C=O) groups excluding carboxylic acids is 1. The molecule has 4 nitrogen and oxygen atoms in total. The SMILES string of the molecule is Cn1ccnc1SC1=NC(Cl)=C(C=O)C1. The number of aldehydes is 1. The standard InChI is InChI=1S/C9H8ClN3OS/c1-13-3-2-11-9(13)15-7-4-6(5-14)8(10)12-7/h2-3,5H,4H2,1H3. The highest BCUT2D eigenvalue weighted by Gasteiger charge is 2.18. The summed E-state index contributed by atoms with van der Waals surface area (Å²) < 4.78 is 1.89. The van der Waals surface area contributed by atoms with Gasteiger partial charge in [0, 0.05) is 31.4 Å². The minimum Gasteiger partial charge on any atom is -0.329 e. The van der Waals surface area contributed by atoms with Crippen LogP contribution in [0.15, 0.2) is 33.3 Å². The summed E-state index contributed by atoms with van der Waals surface area (Å²) in [4.78, 5) is 18.8. The lowest BCUT2D eigenvalue weighted by atomic mass is 10.3. The fraction of sp³-hybridized carbons (Fsp3) is 0.222. The lowest BCUT2D eigenvalue weighted by Gasteiger charge is -1.99. The second-order valence-electron chi connectivity index (χ2n) is 3.04. The van der Waals surface area contributed by atoms with Gasteiger partial charge in [-0.2, -0.15) is 0 Å². The maximum Gasteiger partial charge on any atom is 0.173 e. The summed E-state index contributed by atoms with van der Waals surface area (Å²) in [7, 11) is 1.90. The van der Waals surface area contributed by atoms with Gasteiger partial charge >= 0.3 is 0 Å². The molecule has 1 aliphatic rings. The molecule has 0 radical (unpaired) electrons. The van der Waals surface area contributed by atoms with E-state index >= 15 is 0 Å². The number of hydrogen-bond donors (Lipinski definition) is 0. The van der Waals surface area contributed by atoms with Crippen molar-refractivity contribution in [2.45, 2.75) is 11.6 Å². The zero-order chi connectivity index (χ0) is 10.8. The molecule has 1 aromatic heterocycles. The van der Waals surface area contributed by atoms with Crippen LogP contribution in [0.1, 0.15) is 6.42 Å². The zero-order valence-electron chi connectivity index (χ0n) is 7.98. The second kappa shape index (κ2) is 4.20. The maximum atomic E-state index is 10.6. The molecule has 0 amide bonds. The smallest absolute Gasteiger partial charge is 0.173 e. The number of thioether (sulfide) groups is 1. The minimum atomic E-state index is 0.293. The molecule has 0 saturated heterocycles. The van der Waals surface area contributed by atoms with Crippen molar-refractivity contribution in [3.8, 4) is 0 Å². The van der Waals surface area contributed by atoms with Gasteiger partial charge in [-0.1, -0.05) is 11.6 Å². The van der Waals surface area contributed by atoms with E-state index in [2.05, 4.69) is 9.98 Å². The third-order valence-electron chi connectivity index (χ3n) is 1.96. The highest BCUT2D eigenvalue weighted by molar-refractivity contribution is 8.13. The molecule has 0 saturated carbocycles. The Balaban J connectivity index is 2.09. The monoisotopic (exact) mass is 241 g/mol. The van der Waals surface area contributed by atoms with Crippen molar-refractivity contribution in [3.05, 3.63) is 23.1 Å².